The number of carbonyl (C=O) groups excluding carboxylic acids is 1. The van der Waals surface area contributed by atoms with Crippen LogP contribution in [0.2, 0.25) is 5.28 Å². The number of aromatic nitrogens is 2. The Balaban J connectivity index is 1.63. The first-order chi connectivity index (χ1) is 8.70. The number of piperidine rings is 1. The maximum absolute atomic E-state index is 12.1. The molecule has 1 amide bonds. The van der Waals surface area contributed by atoms with Crippen molar-refractivity contribution in [2.24, 2.45) is 11.3 Å². The maximum atomic E-state index is 12.1. The monoisotopic (exact) mass is 266 g/mol. The van der Waals surface area contributed by atoms with Crippen molar-refractivity contribution >= 4 is 23.3 Å². The van der Waals surface area contributed by atoms with E-state index in [1.807, 2.05) is 0 Å². The van der Waals surface area contributed by atoms with Gasteiger partial charge < -0.3 is 10.6 Å². The maximum Gasteiger partial charge on any atom is 0.229 e. The van der Waals surface area contributed by atoms with Gasteiger partial charge in [-0.05, 0) is 55.4 Å². The minimum absolute atomic E-state index is 0.0617. The zero-order chi connectivity index (χ0) is 12.6. The van der Waals surface area contributed by atoms with E-state index in [4.69, 9.17) is 11.6 Å². The van der Waals surface area contributed by atoms with Crippen LogP contribution in [0.3, 0.4) is 0 Å². The Morgan fingerprint density at radius 2 is 2.28 bits per heavy atom. The first kappa shape index (κ1) is 11.9. The molecule has 1 atom stereocenters. The van der Waals surface area contributed by atoms with E-state index in [9.17, 15) is 4.79 Å². The third-order valence-corrected chi connectivity index (χ3v) is 4.17. The normalized spacial score (nSPS) is 24.8. The van der Waals surface area contributed by atoms with Crippen molar-refractivity contribution < 1.29 is 4.79 Å². The highest BCUT2D eigenvalue weighted by Crippen LogP contribution is 2.58. The zero-order valence-corrected chi connectivity index (χ0v) is 10.7. The smallest absolute Gasteiger partial charge is 0.229 e. The lowest BCUT2D eigenvalue weighted by atomic mass is 9.92. The van der Waals surface area contributed by atoms with Gasteiger partial charge in [-0.1, -0.05) is 0 Å². The highest BCUT2D eigenvalue weighted by atomic mass is 35.5. The van der Waals surface area contributed by atoms with Gasteiger partial charge in [0.2, 0.25) is 11.2 Å². The SMILES string of the molecule is O=C(Nc1ccnc(Cl)n1)C1CC12CCNCC2. The number of hydrogen-bond donors (Lipinski definition) is 2. The van der Waals surface area contributed by atoms with Crippen molar-refractivity contribution in [2.75, 3.05) is 18.4 Å². The Morgan fingerprint density at radius 3 is 3.00 bits per heavy atom. The fraction of sp³-hybridized carbons (Fsp3) is 0.583. The number of hydrogen-bond acceptors (Lipinski definition) is 4. The van der Waals surface area contributed by atoms with Crippen LogP contribution in [0, 0.1) is 11.3 Å². The van der Waals surface area contributed by atoms with Gasteiger partial charge in [-0.15, -0.1) is 0 Å². The molecule has 5 nitrogen and oxygen atoms in total. The largest absolute Gasteiger partial charge is 0.317 e. The Kier molecular flexibility index (Phi) is 2.95. The molecule has 2 N–H and O–H groups in total. The Hall–Kier alpha value is -1.20. The molecular formula is C12H15ClN4O. The van der Waals surface area contributed by atoms with E-state index < -0.39 is 0 Å². The van der Waals surface area contributed by atoms with Crippen LogP contribution in [0.1, 0.15) is 19.3 Å². The van der Waals surface area contributed by atoms with Crippen LogP contribution >= 0.6 is 11.6 Å². The number of rotatable bonds is 2. The highest BCUT2D eigenvalue weighted by molar-refractivity contribution is 6.28. The van der Waals surface area contributed by atoms with Crippen LogP contribution in [0.4, 0.5) is 5.82 Å². The molecule has 1 aromatic heterocycles. The summed E-state index contributed by atoms with van der Waals surface area (Å²) < 4.78 is 0. The minimum Gasteiger partial charge on any atom is -0.317 e. The van der Waals surface area contributed by atoms with Gasteiger partial charge in [0.1, 0.15) is 5.82 Å². The molecule has 3 rings (SSSR count). The summed E-state index contributed by atoms with van der Waals surface area (Å²) in [4.78, 5) is 19.9. The van der Waals surface area contributed by atoms with Gasteiger partial charge >= 0.3 is 0 Å². The molecule has 1 saturated heterocycles. The molecule has 1 aromatic rings. The molecule has 1 unspecified atom stereocenters. The summed E-state index contributed by atoms with van der Waals surface area (Å²) in [6.45, 7) is 2.03. The van der Waals surface area contributed by atoms with E-state index >= 15 is 0 Å². The number of nitrogens with one attached hydrogen (secondary N) is 2. The van der Waals surface area contributed by atoms with E-state index in [0.717, 1.165) is 32.4 Å². The lowest BCUT2D eigenvalue weighted by molar-refractivity contribution is -0.118. The molecule has 1 aliphatic heterocycles. The first-order valence-electron chi connectivity index (χ1n) is 6.20. The van der Waals surface area contributed by atoms with Gasteiger partial charge in [0, 0.05) is 12.1 Å². The fourth-order valence-electron chi connectivity index (χ4n) is 2.81. The van der Waals surface area contributed by atoms with Crippen LogP contribution in [-0.2, 0) is 4.79 Å². The summed E-state index contributed by atoms with van der Waals surface area (Å²) in [5.41, 5.74) is 0.242. The number of anilines is 1. The summed E-state index contributed by atoms with van der Waals surface area (Å²) in [5, 5.41) is 6.30. The number of carbonyl (C=O) groups is 1. The first-order valence-corrected chi connectivity index (χ1v) is 6.58. The van der Waals surface area contributed by atoms with Crippen LogP contribution in [0.25, 0.3) is 0 Å². The van der Waals surface area contributed by atoms with Gasteiger partial charge in [0.05, 0.1) is 0 Å². The van der Waals surface area contributed by atoms with E-state index in [-0.39, 0.29) is 22.5 Å². The van der Waals surface area contributed by atoms with Gasteiger partial charge in [-0.2, -0.15) is 0 Å². The quantitative estimate of drug-likeness (QED) is 0.796. The van der Waals surface area contributed by atoms with Crippen LogP contribution in [-0.4, -0.2) is 29.0 Å². The number of amides is 1. The molecule has 2 aliphatic rings. The van der Waals surface area contributed by atoms with Crippen LogP contribution < -0.4 is 10.6 Å². The van der Waals surface area contributed by atoms with Crippen molar-refractivity contribution in [3.8, 4) is 0 Å². The number of nitrogens with zero attached hydrogens (tertiary/aromatic N) is 2. The molecule has 96 valence electrons. The topological polar surface area (TPSA) is 66.9 Å². The van der Waals surface area contributed by atoms with Crippen molar-refractivity contribution in [3.05, 3.63) is 17.5 Å². The van der Waals surface area contributed by atoms with Gasteiger partial charge in [-0.25, -0.2) is 9.97 Å². The second kappa shape index (κ2) is 4.48. The second-order valence-corrected chi connectivity index (χ2v) is 5.41. The molecule has 1 aliphatic carbocycles. The van der Waals surface area contributed by atoms with Gasteiger partial charge in [0.25, 0.3) is 0 Å². The second-order valence-electron chi connectivity index (χ2n) is 5.07. The lowest BCUT2D eigenvalue weighted by Gasteiger charge is -2.23. The van der Waals surface area contributed by atoms with Gasteiger partial charge in [-0.3, -0.25) is 4.79 Å². The molecule has 18 heavy (non-hydrogen) atoms. The lowest BCUT2D eigenvalue weighted by Crippen LogP contribution is -2.31. The summed E-state index contributed by atoms with van der Waals surface area (Å²) in [6, 6.07) is 1.65. The van der Waals surface area contributed by atoms with Crippen molar-refractivity contribution in [1.82, 2.24) is 15.3 Å². The molecule has 0 bridgehead atoms. The van der Waals surface area contributed by atoms with Crippen LogP contribution in [0.15, 0.2) is 12.3 Å². The zero-order valence-electron chi connectivity index (χ0n) is 9.95. The van der Waals surface area contributed by atoms with Crippen molar-refractivity contribution in [1.29, 1.82) is 0 Å². The predicted molar refractivity (Wildman–Crippen MR) is 68.3 cm³/mol. The summed E-state index contributed by atoms with van der Waals surface area (Å²) in [5.74, 6) is 0.677. The molecule has 1 spiro atoms. The van der Waals surface area contributed by atoms with E-state index in [0.29, 0.717) is 5.82 Å². The molecule has 2 heterocycles. The Labute approximate surface area is 110 Å². The fourth-order valence-corrected chi connectivity index (χ4v) is 2.96. The third-order valence-electron chi connectivity index (χ3n) is 3.98. The van der Waals surface area contributed by atoms with Crippen LogP contribution in [0.5, 0.6) is 0 Å². The predicted octanol–water partition coefficient (Wildman–Crippen LogP) is 1.46. The summed E-state index contributed by atoms with van der Waals surface area (Å²) in [6.07, 6.45) is 4.72. The molecule has 0 aromatic carbocycles. The average molecular weight is 267 g/mol. The van der Waals surface area contributed by atoms with Crippen molar-refractivity contribution in [3.63, 3.8) is 0 Å². The van der Waals surface area contributed by atoms with Crippen molar-refractivity contribution in [2.45, 2.75) is 19.3 Å². The molecule has 1 saturated carbocycles. The van der Waals surface area contributed by atoms with E-state index in [1.54, 1.807) is 6.07 Å². The molecule has 6 heteroatoms. The summed E-state index contributed by atoms with van der Waals surface area (Å²) >= 11 is 5.68. The Morgan fingerprint density at radius 1 is 1.50 bits per heavy atom. The molecule has 2 fully saturated rings. The molecule has 0 radical (unpaired) electrons. The average Bonchev–Trinajstić information content (AvgIpc) is 3.04. The van der Waals surface area contributed by atoms with Gasteiger partial charge in [0.15, 0.2) is 0 Å². The summed E-state index contributed by atoms with van der Waals surface area (Å²) in [7, 11) is 0. The van der Waals surface area contributed by atoms with E-state index in [1.165, 1.54) is 6.20 Å². The standard InChI is InChI=1S/C12H15ClN4O/c13-11-15-4-1-9(17-11)16-10(18)8-7-12(8)2-5-14-6-3-12/h1,4,8,14H,2-3,5-7H2,(H,15,16,17,18). The number of halogens is 1. The third kappa shape index (κ3) is 2.20. The Bertz CT molecular complexity index is 473. The van der Waals surface area contributed by atoms with E-state index in [2.05, 4.69) is 20.6 Å². The minimum atomic E-state index is 0.0617. The highest BCUT2D eigenvalue weighted by Gasteiger charge is 2.57. The molecular weight excluding hydrogens is 252 g/mol.